The fourth-order valence-corrected chi connectivity index (χ4v) is 4.39. The number of amides is 2. The maximum absolute atomic E-state index is 12.2. The molecule has 3 rings (SSSR count). The molecule has 0 aromatic carbocycles. The second kappa shape index (κ2) is 8.46. The zero-order valence-corrected chi connectivity index (χ0v) is 17.7. The number of amidine groups is 1. The molecule has 154 valence electrons. The van der Waals surface area contributed by atoms with Crippen LogP contribution in [0.2, 0.25) is 0 Å². The molecule has 1 aliphatic heterocycles. The number of thiazole rings is 1. The Kier molecular flexibility index (Phi) is 6.22. The van der Waals surface area contributed by atoms with Crippen LogP contribution >= 0.6 is 11.3 Å². The van der Waals surface area contributed by atoms with Crippen LogP contribution in [0.15, 0.2) is 11.3 Å². The van der Waals surface area contributed by atoms with Crippen molar-refractivity contribution in [3.05, 3.63) is 16.1 Å². The molecule has 1 saturated carbocycles. The van der Waals surface area contributed by atoms with Crippen molar-refractivity contribution in [3.63, 3.8) is 0 Å². The third kappa shape index (κ3) is 5.92. The number of hydrogen-bond acceptors (Lipinski definition) is 7. The monoisotopic (exact) mass is 407 g/mol. The van der Waals surface area contributed by atoms with Crippen LogP contribution in [-0.2, 0) is 16.0 Å². The van der Waals surface area contributed by atoms with Crippen molar-refractivity contribution in [1.29, 1.82) is 0 Å². The largest absolute Gasteiger partial charge is 0.446 e. The minimum atomic E-state index is -0.361. The first-order valence-corrected chi connectivity index (χ1v) is 10.5. The van der Waals surface area contributed by atoms with Gasteiger partial charge in [-0.15, -0.1) is 11.3 Å². The summed E-state index contributed by atoms with van der Waals surface area (Å²) in [5.41, 5.74) is 2.84. The molecule has 3 N–H and O–H groups in total. The molecule has 0 radical (unpaired) electrons. The summed E-state index contributed by atoms with van der Waals surface area (Å²) >= 11 is 1.53. The Labute approximate surface area is 169 Å². The van der Waals surface area contributed by atoms with Crippen LogP contribution in [0.5, 0.6) is 0 Å². The van der Waals surface area contributed by atoms with Crippen molar-refractivity contribution in [2.24, 2.45) is 11.0 Å². The van der Waals surface area contributed by atoms with Gasteiger partial charge in [0.1, 0.15) is 11.9 Å². The number of alkyl carbamates (subject to hydrolysis) is 1. The molecule has 2 heterocycles. The zero-order valence-electron chi connectivity index (χ0n) is 16.9. The van der Waals surface area contributed by atoms with E-state index in [2.05, 4.69) is 26.1 Å². The van der Waals surface area contributed by atoms with Crippen LogP contribution in [-0.4, -0.2) is 40.5 Å². The summed E-state index contributed by atoms with van der Waals surface area (Å²) in [5.74, 6) is 0.970. The van der Waals surface area contributed by atoms with Gasteiger partial charge in [0, 0.05) is 23.0 Å². The van der Waals surface area contributed by atoms with Gasteiger partial charge in [0.05, 0.1) is 17.5 Å². The third-order valence-electron chi connectivity index (χ3n) is 4.81. The number of carbonyl (C=O) groups is 2. The SMILES string of the molecule is Cc1ncc(CC(=O)NC2=NNC([C@H]3CC[C@@H](OC(=O)NC(C)(C)C)C3)C2)s1. The number of hydrazone groups is 1. The van der Waals surface area contributed by atoms with Crippen molar-refractivity contribution < 1.29 is 14.3 Å². The molecule has 0 bridgehead atoms. The van der Waals surface area contributed by atoms with E-state index >= 15 is 0 Å². The zero-order chi connectivity index (χ0) is 20.3. The number of ether oxygens (including phenoxy) is 1. The van der Waals surface area contributed by atoms with Crippen molar-refractivity contribution in [3.8, 4) is 0 Å². The number of hydrogen-bond donors (Lipinski definition) is 3. The summed E-state index contributed by atoms with van der Waals surface area (Å²) in [6, 6.07) is 0.167. The van der Waals surface area contributed by atoms with Crippen LogP contribution < -0.4 is 16.1 Å². The normalized spacial score (nSPS) is 24.4. The standard InChI is InChI=1S/C19H29N5O3S/c1-11-20-10-14(28-11)8-17(25)21-16-9-15(23-24-16)12-5-6-13(7-12)27-18(26)22-19(2,3)4/h10,12-13,15,23H,5-9H2,1-4H3,(H,22,26)(H,21,24,25)/t12-,13+,15?/m0/s1. The molecule has 1 fully saturated rings. The van der Waals surface area contributed by atoms with Crippen LogP contribution in [0.4, 0.5) is 4.79 Å². The van der Waals surface area contributed by atoms with E-state index in [9.17, 15) is 9.59 Å². The Morgan fingerprint density at radius 2 is 2.14 bits per heavy atom. The quantitative estimate of drug-likeness (QED) is 0.711. The molecule has 28 heavy (non-hydrogen) atoms. The second-order valence-corrected chi connectivity index (χ2v) is 9.86. The second-order valence-electron chi connectivity index (χ2n) is 8.54. The minimum absolute atomic E-state index is 0.0673. The highest BCUT2D eigenvalue weighted by molar-refractivity contribution is 7.11. The molecular formula is C19H29N5O3S. The maximum Gasteiger partial charge on any atom is 0.407 e. The maximum atomic E-state index is 12.2. The van der Waals surface area contributed by atoms with Crippen LogP contribution in [0.25, 0.3) is 0 Å². The lowest BCUT2D eigenvalue weighted by Crippen LogP contribution is -2.42. The van der Waals surface area contributed by atoms with Gasteiger partial charge in [0.2, 0.25) is 5.91 Å². The summed E-state index contributed by atoms with van der Waals surface area (Å²) in [5, 5.41) is 11.0. The van der Waals surface area contributed by atoms with E-state index in [4.69, 9.17) is 4.74 Å². The van der Waals surface area contributed by atoms with Crippen LogP contribution in [0.1, 0.15) is 56.3 Å². The first kappa shape index (κ1) is 20.6. The molecule has 3 atom stereocenters. The fraction of sp³-hybridized carbons (Fsp3) is 0.684. The number of nitrogens with zero attached hydrogens (tertiary/aromatic N) is 2. The number of carbonyl (C=O) groups excluding carboxylic acids is 2. The van der Waals surface area contributed by atoms with Crippen molar-refractivity contribution >= 4 is 29.2 Å². The van der Waals surface area contributed by atoms with E-state index in [1.54, 1.807) is 6.20 Å². The highest BCUT2D eigenvalue weighted by Gasteiger charge is 2.36. The summed E-state index contributed by atoms with van der Waals surface area (Å²) in [6.07, 6.45) is 4.95. The van der Waals surface area contributed by atoms with E-state index < -0.39 is 0 Å². The number of nitrogens with one attached hydrogen (secondary N) is 3. The Bertz CT molecular complexity index is 755. The topological polar surface area (TPSA) is 105 Å². The van der Waals surface area contributed by atoms with Gasteiger partial charge >= 0.3 is 6.09 Å². The van der Waals surface area contributed by atoms with Crippen molar-refractivity contribution in [2.75, 3.05) is 0 Å². The number of rotatable bonds is 4. The number of aryl methyl sites for hydroxylation is 1. The first-order valence-electron chi connectivity index (χ1n) is 9.70. The van der Waals surface area contributed by atoms with E-state index in [0.29, 0.717) is 24.6 Å². The fourth-order valence-electron chi connectivity index (χ4n) is 3.59. The van der Waals surface area contributed by atoms with Crippen LogP contribution in [0.3, 0.4) is 0 Å². The molecule has 9 heteroatoms. The van der Waals surface area contributed by atoms with E-state index in [-0.39, 0.29) is 29.7 Å². The Balaban J connectivity index is 1.40. The minimum Gasteiger partial charge on any atom is -0.446 e. The van der Waals surface area contributed by atoms with Gasteiger partial charge in [0.25, 0.3) is 0 Å². The molecule has 1 aromatic heterocycles. The van der Waals surface area contributed by atoms with Gasteiger partial charge < -0.3 is 20.8 Å². The molecule has 1 aromatic rings. The number of aromatic nitrogens is 1. The summed E-state index contributed by atoms with van der Waals surface area (Å²) in [6.45, 7) is 7.71. The molecule has 1 unspecified atom stereocenters. The van der Waals surface area contributed by atoms with Gasteiger partial charge in [-0.2, -0.15) is 5.10 Å². The van der Waals surface area contributed by atoms with Gasteiger partial charge in [0.15, 0.2) is 0 Å². The smallest absolute Gasteiger partial charge is 0.407 e. The van der Waals surface area contributed by atoms with Gasteiger partial charge in [-0.05, 0) is 52.9 Å². The third-order valence-corrected chi connectivity index (χ3v) is 5.72. The summed E-state index contributed by atoms with van der Waals surface area (Å²) in [7, 11) is 0. The van der Waals surface area contributed by atoms with Gasteiger partial charge in [-0.25, -0.2) is 9.78 Å². The molecular weight excluding hydrogens is 378 g/mol. The molecule has 0 saturated heterocycles. The predicted octanol–water partition coefficient (Wildman–Crippen LogP) is 2.48. The lowest BCUT2D eigenvalue weighted by atomic mass is 9.96. The van der Waals surface area contributed by atoms with E-state index in [1.165, 1.54) is 11.3 Å². The lowest BCUT2D eigenvalue weighted by molar-refractivity contribution is -0.119. The Morgan fingerprint density at radius 1 is 1.36 bits per heavy atom. The first-order chi connectivity index (χ1) is 13.2. The average Bonchev–Trinajstić information content (AvgIpc) is 3.27. The molecule has 2 amide bonds. The highest BCUT2D eigenvalue weighted by Crippen LogP contribution is 2.33. The van der Waals surface area contributed by atoms with Gasteiger partial charge in [-0.1, -0.05) is 0 Å². The Hall–Kier alpha value is -2.16. The Morgan fingerprint density at radius 3 is 2.82 bits per heavy atom. The lowest BCUT2D eigenvalue weighted by Gasteiger charge is -2.22. The summed E-state index contributed by atoms with van der Waals surface area (Å²) < 4.78 is 5.55. The summed E-state index contributed by atoms with van der Waals surface area (Å²) in [4.78, 5) is 29.2. The van der Waals surface area contributed by atoms with Crippen LogP contribution in [0, 0.1) is 12.8 Å². The molecule has 8 nitrogen and oxygen atoms in total. The van der Waals surface area contributed by atoms with Gasteiger partial charge in [-0.3, -0.25) is 4.79 Å². The van der Waals surface area contributed by atoms with E-state index in [0.717, 1.165) is 29.1 Å². The highest BCUT2D eigenvalue weighted by atomic mass is 32.1. The van der Waals surface area contributed by atoms with E-state index in [1.807, 2.05) is 27.7 Å². The molecule has 1 aliphatic carbocycles. The van der Waals surface area contributed by atoms with Crippen molar-refractivity contribution in [1.82, 2.24) is 21.0 Å². The average molecular weight is 408 g/mol. The van der Waals surface area contributed by atoms with Crippen molar-refractivity contribution in [2.45, 2.75) is 77.5 Å². The molecule has 2 aliphatic rings. The molecule has 0 spiro atoms. The predicted molar refractivity (Wildman–Crippen MR) is 108 cm³/mol.